The monoisotopic (exact) mass is 220 g/mol. The average Bonchev–Trinajstić information content (AvgIpc) is 2.65. The summed E-state index contributed by atoms with van der Waals surface area (Å²) in [6, 6.07) is 0. The van der Waals surface area contributed by atoms with Gasteiger partial charge in [-0.1, -0.05) is 0 Å². The number of carbonyl (C=O) groups excluding carboxylic acids is 1. The minimum Gasteiger partial charge on any atom is -0.459 e. The molecule has 0 amide bonds. The summed E-state index contributed by atoms with van der Waals surface area (Å²) >= 11 is 0. The molecule has 6 heteroatoms. The summed E-state index contributed by atoms with van der Waals surface area (Å²) in [5.74, 6) is 0.0796. The van der Waals surface area contributed by atoms with Gasteiger partial charge in [0.15, 0.2) is 0 Å². The highest BCUT2D eigenvalue weighted by molar-refractivity contribution is 5.90. The molecule has 0 unspecified atom stereocenters. The number of esters is 1. The fraction of sp³-hybridized carbons (Fsp3) is 0.400. The third-order valence-corrected chi connectivity index (χ3v) is 2.11. The van der Waals surface area contributed by atoms with E-state index in [1.165, 1.54) is 17.0 Å². The summed E-state index contributed by atoms with van der Waals surface area (Å²) in [6.07, 6.45) is 2.70. The standard InChI is InChI=1S/C10H12N4O2/c1-6(2)16-9(15)8-4-11-10-12-5-13-14(10)7(8)3/h4-6H,1-3H3. The van der Waals surface area contributed by atoms with Gasteiger partial charge in [0.25, 0.3) is 5.78 Å². The van der Waals surface area contributed by atoms with Crippen molar-refractivity contribution in [1.82, 2.24) is 19.6 Å². The van der Waals surface area contributed by atoms with Crippen molar-refractivity contribution in [2.45, 2.75) is 26.9 Å². The molecular weight excluding hydrogens is 208 g/mol. The Balaban J connectivity index is 2.44. The van der Waals surface area contributed by atoms with Crippen molar-refractivity contribution >= 4 is 11.7 Å². The van der Waals surface area contributed by atoms with E-state index in [1.54, 1.807) is 20.8 Å². The second-order valence-corrected chi connectivity index (χ2v) is 3.68. The van der Waals surface area contributed by atoms with Crippen molar-refractivity contribution in [3.05, 3.63) is 23.8 Å². The summed E-state index contributed by atoms with van der Waals surface area (Å²) in [6.45, 7) is 5.38. The predicted molar refractivity (Wildman–Crippen MR) is 56.1 cm³/mol. The summed E-state index contributed by atoms with van der Waals surface area (Å²) in [4.78, 5) is 19.7. The Hall–Kier alpha value is -1.98. The predicted octanol–water partition coefficient (Wildman–Crippen LogP) is 0.998. The fourth-order valence-corrected chi connectivity index (χ4v) is 1.37. The first-order chi connectivity index (χ1) is 7.59. The van der Waals surface area contributed by atoms with Gasteiger partial charge in [-0.05, 0) is 20.8 Å². The lowest BCUT2D eigenvalue weighted by Gasteiger charge is -2.09. The molecular formula is C10H12N4O2. The van der Waals surface area contributed by atoms with E-state index < -0.39 is 5.97 Å². The summed E-state index contributed by atoms with van der Waals surface area (Å²) in [7, 11) is 0. The molecule has 0 saturated heterocycles. The molecule has 0 aliphatic rings. The first kappa shape index (κ1) is 10.5. The first-order valence-electron chi connectivity index (χ1n) is 4.96. The number of rotatable bonds is 2. The van der Waals surface area contributed by atoms with E-state index in [4.69, 9.17) is 4.74 Å². The van der Waals surface area contributed by atoms with Crippen molar-refractivity contribution in [2.75, 3.05) is 0 Å². The molecule has 0 atom stereocenters. The molecule has 0 aliphatic carbocycles. The molecule has 0 aromatic carbocycles. The second-order valence-electron chi connectivity index (χ2n) is 3.68. The Labute approximate surface area is 92.3 Å². The zero-order valence-electron chi connectivity index (χ0n) is 9.34. The normalized spacial score (nSPS) is 11.0. The molecule has 6 nitrogen and oxygen atoms in total. The van der Waals surface area contributed by atoms with Gasteiger partial charge in [0.1, 0.15) is 6.33 Å². The molecule has 0 spiro atoms. The lowest BCUT2D eigenvalue weighted by atomic mass is 10.2. The van der Waals surface area contributed by atoms with E-state index in [9.17, 15) is 4.79 Å². The van der Waals surface area contributed by atoms with Gasteiger partial charge >= 0.3 is 5.97 Å². The largest absolute Gasteiger partial charge is 0.459 e. The Morgan fingerprint density at radius 1 is 1.44 bits per heavy atom. The van der Waals surface area contributed by atoms with E-state index in [0.29, 0.717) is 17.0 Å². The van der Waals surface area contributed by atoms with Crippen LogP contribution in [0.15, 0.2) is 12.5 Å². The Morgan fingerprint density at radius 3 is 2.88 bits per heavy atom. The van der Waals surface area contributed by atoms with Gasteiger partial charge < -0.3 is 4.74 Å². The summed E-state index contributed by atoms with van der Waals surface area (Å²) < 4.78 is 6.61. The van der Waals surface area contributed by atoms with Gasteiger partial charge in [-0.15, -0.1) is 0 Å². The topological polar surface area (TPSA) is 69.4 Å². The van der Waals surface area contributed by atoms with Crippen LogP contribution in [0.5, 0.6) is 0 Å². The van der Waals surface area contributed by atoms with Crippen molar-refractivity contribution in [3.63, 3.8) is 0 Å². The van der Waals surface area contributed by atoms with Crippen LogP contribution in [0.1, 0.15) is 29.9 Å². The van der Waals surface area contributed by atoms with Crippen LogP contribution >= 0.6 is 0 Å². The lowest BCUT2D eigenvalue weighted by molar-refractivity contribution is 0.0375. The minimum absolute atomic E-state index is 0.154. The van der Waals surface area contributed by atoms with E-state index in [2.05, 4.69) is 15.1 Å². The second kappa shape index (κ2) is 3.88. The van der Waals surface area contributed by atoms with Crippen LogP contribution in [0.3, 0.4) is 0 Å². The number of aryl methyl sites for hydroxylation is 1. The fourth-order valence-electron chi connectivity index (χ4n) is 1.37. The van der Waals surface area contributed by atoms with Crippen LogP contribution in [-0.2, 0) is 4.74 Å². The molecule has 2 aromatic rings. The summed E-state index contributed by atoms with van der Waals surface area (Å²) in [5, 5.41) is 3.98. The number of hydrogen-bond donors (Lipinski definition) is 0. The van der Waals surface area contributed by atoms with Gasteiger partial charge in [0, 0.05) is 6.20 Å². The van der Waals surface area contributed by atoms with Gasteiger partial charge in [-0.25, -0.2) is 14.3 Å². The molecule has 0 fully saturated rings. The molecule has 2 heterocycles. The van der Waals surface area contributed by atoms with Crippen molar-refractivity contribution in [2.24, 2.45) is 0 Å². The zero-order valence-corrected chi connectivity index (χ0v) is 9.34. The number of ether oxygens (including phenoxy) is 1. The van der Waals surface area contributed by atoms with Crippen LogP contribution in [0.25, 0.3) is 5.78 Å². The number of hydrogen-bond acceptors (Lipinski definition) is 5. The summed E-state index contributed by atoms with van der Waals surface area (Å²) in [5.41, 5.74) is 1.08. The SMILES string of the molecule is Cc1c(C(=O)OC(C)C)cnc2ncnn12. The minimum atomic E-state index is -0.391. The van der Waals surface area contributed by atoms with Crippen LogP contribution < -0.4 is 0 Å². The number of nitrogens with zero attached hydrogens (tertiary/aromatic N) is 4. The van der Waals surface area contributed by atoms with Gasteiger partial charge in [-0.2, -0.15) is 10.1 Å². The smallest absolute Gasteiger partial charge is 0.341 e. The van der Waals surface area contributed by atoms with Crippen molar-refractivity contribution < 1.29 is 9.53 Å². The maximum atomic E-state index is 11.7. The van der Waals surface area contributed by atoms with Crippen LogP contribution in [0.4, 0.5) is 0 Å². The van der Waals surface area contributed by atoms with E-state index in [-0.39, 0.29) is 6.10 Å². The van der Waals surface area contributed by atoms with Crippen molar-refractivity contribution in [1.29, 1.82) is 0 Å². The molecule has 0 bridgehead atoms. The van der Waals surface area contributed by atoms with Gasteiger partial charge in [-0.3, -0.25) is 0 Å². The average molecular weight is 220 g/mol. The highest BCUT2D eigenvalue weighted by Crippen LogP contribution is 2.09. The maximum Gasteiger partial charge on any atom is 0.341 e. The molecule has 2 rings (SSSR count). The zero-order chi connectivity index (χ0) is 11.7. The highest BCUT2D eigenvalue weighted by Gasteiger charge is 2.15. The van der Waals surface area contributed by atoms with Gasteiger partial charge in [0.2, 0.25) is 0 Å². The molecule has 84 valence electrons. The third kappa shape index (κ3) is 1.73. The van der Waals surface area contributed by atoms with Crippen LogP contribution in [0.2, 0.25) is 0 Å². The highest BCUT2D eigenvalue weighted by atomic mass is 16.5. The molecule has 0 N–H and O–H groups in total. The van der Waals surface area contributed by atoms with Crippen molar-refractivity contribution in [3.8, 4) is 0 Å². The quantitative estimate of drug-likeness (QED) is 0.706. The molecule has 16 heavy (non-hydrogen) atoms. The van der Waals surface area contributed by atoms with E-state index in [0.717, 1.165) is 0 Å². The molecule has 2 aromatic heterocycles. The van der Waals surface area contributed by atoms with Gasteiger partial charge in [0.05, 0.1) is 17.4 Å². The molecule has 0 saturated carbocycles. The number of aromatic nitrogens is 4. The third-order valence-electron chi connectivity index (χ3n) is 2.11. The van der Waals surface area contributed by atoms with E-state index >= 15 is 0 Å². The molecule has 0 aliphatic heterocycles. The van der Waals surface area contributed by atoms with E-state index in [1.807, 2.05) is 0 Å². The van der Waals surface area contributed by atoms with Crippen LogP contribution in [0, 0.1) is 6.92 Å². The van der Waals surface area contributed by atoms with Crippen LogP contribution in [-0.4, -0.2) is 31.7 Å². The molecule has 0 radical (unpaired) electrons. The maximum absolute atomic E-state index is 11.7. The number of fused-ring (bicyclic) bond motifs is 1. The first-order valence-corrected chi connectivity index (χ1v) is 4.96. The Morgan fingerprint density at radius 2 is 2.19 bits per heavy atom. The lowest BCUT2D eigenvalue weighted by Crippen LogP contribution is -2.15. The Bertz CT molecular complexity index is 533. The Kier molecular flexibility index (Phi) is 2.55. The number of carbonyl (C=O) groups is 1.